The molecule has 32 heavy (non-hydrogen) atoms. The molecule has 0 saturated carbocycles. The molecule has 0 aliphatic carbocycles. The van der Waals surface area contributed by atoms with Crippen LogP contribution in [0.5, 0.6) is 0 Å². The number of benzene rings is 2. The van der Waals surface area contributed by atoms with Gasteiger partial charge in [-0.25, -0.2) is 0 Å². The lowest BCUT2D eigenvalue weighted by molar-refractivity contribution is -0.892. The molecule has 0 aliphatic heterocycles. The van der Waals surface area contributed by atoms with Crippen molar-refractivity contribution in [1.82, 2.24) is 0 Å². The maximum atomic E-state index is 8.45. The van der Waals surface area contributed by atoms with E-state index in [-0.39, 0.29) is 0 Å². The summed E-state index contributed by atoms with van der Waals surface area (Å²) in [7, 11) is 2.19. The fourth-order valence-electron chi connectivity index (χ4n) is 2.76. The largest absolute Gasteiger partial charge is 0.391 e. The maximum absolute atomic E-state index is 8.45. The molecular formula is C25H52N6O+6. The molecule has 0 radical (unpaired) electrons. The quantitative estimate of drug-likeness (QED) is 0.142. The van der Waals surface area contributed by atoms with E-state index in [4.69, 9.17) is 5.11 Å². The van der Waals surface area contributed by atoms with Crippen LogP contribution < -0.4 is 32.3 Å². The van der Waals surface area contributed by atoms with Gasteiger partial charge in [-0.1, -0.05) is 60.7 Å². The molecule has 2 aromatic carbocycles. The number of hydrogen-bond acceptors (Lipinski definition) is 1. The van der Waals surface area contributed by atoms with Crippen molar-refractivity contribution in [3.63, 3.8) is 0 Å². The number of rotatable bonds is 14. The Kier molecular flexibility index (Phi) is 22.4. The van der Waals surface area contributed by atoms with E-state index in [0.717, 1.165) is 39.3 Å². The lowest BCUT2D eigenvalue weighted by Gasteiger charge is -2.08. The van der Waals surface area contributed by atoms with Gasteiger partial charge in [-0.05, 0) is 6.92 Å². The van der Waals surface area contributed by atoms with Gasteiger partial charge in [0.2, 0.25) is 0 Å². The summed E-state index contributed by atoms with van der Waals surface area (Å²) in [6.07, 6.45) is 0. The number of hydrogen-bond donors (Lipinski definition) is 7. The minimum Gasteiger partial charge on any atom is -0.391 e. The number of nitrogens with one attached hydrogen (secondary N) is 1. The zero-order valence-electron chi connectivity index (χ0n) is 20.6. The van der Waals surface area contributed by atoms with E-state index in [0.29, 0.717) is 6.61 Å². The first-order chi connectivity index (χ1) is 15.7. The van der Waals surface area contributed by atoms with Gasteiger partial charge in [-0.2, -0.15) is 0 Å². The average Bonchev–Trinajstić information content (AvgIpc) is 2.85. The monoisotopic (exact) mass is 452 g/mol. The van der Waals surface area contributed by atoms with Crippen molar-refractivity contribution in [3.8, 4) is 0 Å². The fraction of sp³-hybridized carbons (Fsp3) is 0.520. The van der Waals surface area contributed by atoms with E-state index in [1.807, 2.05) is 0 Å². The van der Waals surface area contributed by atoms with Crippen LogP contribution in [-0.2, 0) is 13.1 Å². The van der Waals surface area contributed by atoms with E-state index in [1.165, 1.54) is 37.3 Å². The summed E-state index contributed by atoms with van der Waals surface area (Å²) < 4.78 is 0. The van der Waals surface area contributed by atoms with Crippen molar-refractivity contribution in [3.05, 3.63) is 71.8 Å². The smallest absolute Gasteiger partial charge is 0.127 e. The highest BCUT2D eigenvalue weighted by molar-refractivity contribution is 5.13. The van der Waals surface area contributed by atoms with Gasteiger partial charge in [-0.15, -0.1) is 0 Å². The molecule has 7 nitrogen and oxygen atoms in total. The lowest BCUT2D eigenvalue weighted by Crippen LogP contribution is -3.11. The number of aliphatic hydroxyl groups excluding tert-OH is 1. The summed E-state index contributed by atoms with van der Waals surface area (Å²) in [6.45, 7) is 13.2. The van der Waals surface area contributed by atoms with Crippen LogP contribution in [0.1, 0.15) is 18.1 Å². The Labute approximate surface area is 195 Å². The molecule has 2 aromatic rings. The van der Waals surface area contributed by atoms with Crippen LogP contribution in [0.4, 0.5) is 0 Å². The van der Waals surface area contributed by atoms with Crippen molar-refractivity contribution >= 4 is 0 Å². The number of quaternary nitrogens is 6. The topological polar surface area (TPSA) is 130 Å². The first-order valence-corrected chi connectivity index (χ1v) is 12.2. The normalized spacial score (nSPS) is 11.0. The third-order valence-electron chi connectivity index (χ3n) is 4.98. The van der Waals surface area contributed by atoms with Crippen LogP contribution >= 0.6 is 0 Å². The predicted molar refractivity (Wildman–Crippen MR) is 130 cm³/mol. The van der Waals surface area contributed by atoms with Gasteiger partial charge in [-0.3, -0.25) is 0 Å². The van der Waals surface area contributed by atoms with Gasteiger partial charge in [0.1, 0.15) is 52.4 Å². The SMILES string of the molecule is CC[NH+](C)CC[NH2+]CCO.[NH3+]CC[NH3+].c1ccc(C[NH2+]CC[NH2+]Cc2ccccc2)cc1. The lowest BCUT2D eigenvalue weighted by atomic mass is 10.2. The zero-order valence-corrected chi connectivity index (χ0v) is 20.6. The van der Waals surface area contributed by atoms with E-state index in [2.05, 4.69) is 102 Å². The molecule has 0 amide bonds. The molecule has 0 fully saturated rings. The third-order valence-corrected chi connectivity index (χ3v) is 4.98. The Morgan fingerprint density at radius 3 is 1.56 bits per heavy atom. The van der Waals surface area contributed by atoms with Crippen LogP contribution in [0.2, 0.25) is 0 Å². The minimum atomic E-state index is 0.297. The van der Waals surface area contributed by atoms with E-state index < -0.39 is 0 Å². The first-order valence-electron chi connectivity index (χ1n) is 12.2. The first kappa shape index (κ1) is 30.2. The number of aliphatic hydroxyl groups is 1. The Morgan fingerprint density at radius 2 is 1.19 bits per heavy atom. The second-order valence-corrected chi connectivity index (χ2v) is 7.89. The van der Waals surface area contributed by atoms with Crippen LogP contribution in [0.3, 0.4) is 0 Å². The Bertz CT molecular complexity index is 554. The summed E-state index contributed by atoms with van der Waals surface area (Å²) in [6, 6.07) is 21.3. The standard InChI is InChI=1S/C16H20N2.C7H18N2O.C2H8N2/c1-3-7-15(8-4-1)13-17-11-12-18-14-16-9-5-2-6-10-16;1-3-9(2)6-4-8-5-7-10;3-1-2-4/h1-10,17-18H,11-14H2;8,10H,3-7H2,1-2H3;1-4H2/p+6. The predicted octanol–water partition coefficient (Wildman–Crippen LogP) is -4.94. The fourth-order valence-corrected chi connectivity index (χ4v) is 2.76. The maximum Gasteiger partial charge on any atom is 0.127 e. The highest BCUT2D eigenvalue weighted by atomic mass is 16.3. The van der Waals surface area contributed by atoms with Crippen molar-refractivity contribution in [1.29, 1.82) is 0 Å². The molecular weight excluding hydrogens is 400 g/mol. The molecule has 0 heterocycles. The molecule has 0 aromatic heterocycles. The molecule has 1 atom stereocenters. The summed E-state index contributed by atoms with van der Waals surface area (Å²) in [5.41, 5.74) is 9.89. The Hall–Kier alpha value is -1.84. The second kappa shape index (κ2) is 23.8. The summed E-state index contributed by atoms with van der Waals surface area (Å²) in [5.74, 6) is 0. The van der Waals surface area contributed by atoms with Crippen LogP contribution in [0.15, 0.2) is 60.7 Å². The zero-order chi connectivity index (χ0) is 23.7. The Balaban J connectivity index is 0.000000581. The molecule has 0 bridgehead atoms. The van der Waals surface area contributed by atoms with E-state index in [1.54, 1.807) is 4.90 Å². The van der Waals surface area contributed by atoms with Crippen molar-refractivity contribution < 1.29 is 37.4 Å². The molecule has 1 unspecified atom stereocenters. The highest BCUT2D eigenvalue weighted by Crippen LogP contribution is 1.94. The number of likely N-dealkylation sites (N-methyl/N-ethyl adjacent to an activating group) is 1. The number of nitrogens with two attached hydrogens (primary N) is 3. The van der Waals surface area contributed by atoms with Crippen molar-refractivity contribution in [2.75, 3.05) is 66.0 Å². The molecule has 2 rings (SSSR count). The second-order valence-electron chi connectivity index (χ2n) is 7.89. The van der Waals surface area contributed by atoms with Gasteiger partial charge in [0.05, 0.1) is 26.7 Å². The summed E-state index contributed by atoms with van der Waals surface area (Å²) >= 11 is 0. The van der Waals surface area contributed by atoms with Crippen LogP contribution in [0.25, 0.3) is 0 Å². The average molecular weight is 453 g/mol. The highest BCUT2D eigenvalue weighted by Gasteiger charge is 1.98. The molecule has 14 N–H and O–H groups in total. The van der Waals surface area contributed by atoms with Crippen molar-refractivity contribution in [2.24, 2.45) is 0 Å². The van der Waals surface area contributed by atoms with E-state index in [9.17, 15) is 0 Å². The van der Waals surface area contributed by atoms with Gasteiger partial charge in [0.25, 0.3) is 0 Å². The molecule has 182 valence electrons. The van der Waals surface area contributed by atoms with Crippen LogP contribution in [0, 0.1) is 0 Å². The molecule has 0 saturated heterocycles. The molecule has 0 aliphatic rings. The third kappa shape index (κ3) is 20.1. The van der Waals surface area contributed by atoms with Gasteiger partial charge in [0.15, 0.2) is 0 Å². The van der Waals surface area contributed by atoms with Gasteiger partial charge in [0, 0.05) is 11.1 Å². The van der Waals surface area contributed by atoms with E-state index >= 15 is 0 Å². The molecule has 0 spiro atoms. The minimum absolute atomic E-state index is 0.297. The summed E-state index contributed by atoms with van der Waals surface area (Å²) in [4.78, 5) is 1.55. The van der Waals surface area contributed by atoms with Gasteiger partial charge < -0.3 is 37.4 Å². The Morgan fingerprint density at radius 1 is 0.719 bits per heavy atom. The summed E-state index contributed by atoms with van der Waals surface area (Å²) in [5, 5.41) is 15.3. The van der Waals surface area contributed by atoms with Crippen molar-refractivity contribution in [2.45, 2.75) is 20.0 Å². The van der Waals surface area contributed by atoms with Crippen LogP contribution in [-0.4, -0.2) is 71.1 Å². The van der Waals surface area contributed by atoms with Gasteiger partial charge >= 0.3 is 0 Å². The molecule has 7 heteroatoms.